The SMILES string of the molecule is CC1CCN(C/C=C/Cl)C(CN)C1. The van der Waals surface area contributed by atoms with Crippen molar-refractivity contribution in [1.82, 2.24) is 4.90 Å². The van der Waals surface area contributed by atoms with Crippen molar-refractivity contribution in [3.05, 3.63) is 11.6 Å². The number of nitrogens with zero attached hydrogens (tertiary/aromatic N) is 1. The van der Waals surface area contributed by atoms with E-state index in [1.54, 1.807) is 5.54 Å². The fourth-order valence-corrected chi connectivity index (χ4v) is 2.04. The van der Waals surface area contributed by atoms with Crippen molar-refractivity contribution in [2.45, 2.75) is 25.8 Å². The molecule has 76 valence electrons. The third kappa shape index (κ3) is 3.29. The van der Waals surface area contributed by atoms with Crippen LogP contribution in [0.5, 0.6) is 0 Å². The standard InChI is InChI=1S/C10H19ClN2/c1-9-3-6-13(5-2-4-11)10(7-9)8-12/h2,4,9-10H,3,5-8,12H2,1H3/b4-2+. The number of likely N-dealkylation sites (tertiary alicyclic amines) is 1. The molecule has 0 bridgehead atoms. The number of rotatable bonds is 3. The Labute approximate surface area is 85.7 Å². The third-order valence-electron chi connectivity index (χ3n) is 2.80. The van der Waals surface area contributed by atoms with Crippen LogP contribution in [0.15, 0.2) is 11.6 Å². The Balaban J connectivity index is 2.42. The molecule has 1 rings (SSSR count). The topological polar surface area (TPSA) is 29.3 Å². The van der Waals surface area contributed by atoms with E-state index >= 15 is 0 Å². The van der Waals surface area contributed by atoms with Gasteiger partial charge in [0.25, 0.3) is 0 Å². The highest BCUT2D eigenvalue weighted by atomic mass is 35.5. The Morgan fingerprint density at radius 3 is 3.00 bits per heavy atom. The second-order valence-electron chi connectivity index (χ2n) is 3.88. The summed E-state index contributed by atoms with van der Waals surface area (Å²) in [7, 11) is 0. The first-order valence-electron chi connectivity index (χ1n) is 4.97. The normalized spacial score (nSPS) is 31.3. The van der Waals surface area contributed by atoms with Gasteiger partial charge in [0.2, 0.25) is 0 Å². The summed E-state index contributed by atoms with van der Waals surface area (Å²) in [4.78, 5) is 2.42. The van der Waals surface area contributed by atoms with Crippen LogP contribution in [0.3, 0.4) is 0 Å². The van der Waals surface area contributed by atoms with Crippen molar-refractivity contribution in [3.63, 3.8) is 0 Å². The fourth-order valence-electron chi connectivity index (χ4n) is 1.96. The van der Waals surface area contributed by atoms with Gasteiger partial charge in [-0.2, -0.15) is 0 Å². The van der Waals surface area contributed by atoms with Crippen LogP contribution in [0.4, 0.5) is 0 Å². The molecule has 0 aliphatic carbocycles. The number of hydrogen-bond acceptors (Lipinski definition) is 2. The molecule has 2 nitrogen and oxygen atoms in total. The minimum Gasteiger partial charge on any atom is -0.329 e. The Morgan fingerprint density at radius 2 is 2.38 bits per heavy atom. The molecular weight excluding hydrogens is 184 g/mol. The van der Waals surface area contributed by atoms with Gasteiger partial charge in [-0.15, -0.1) is 0 Å². The molecule has 0 aromatic heterocycles. The van der Waals surface area contributed by atoms with Crippen molar-refractivity contribution in [3.8, 4) is 0 Å². The number of halogens is 1. The molecule has 0 amide bonds. The van der Waals surface area contributed by atoms with Gasteiger partial charge in [-0.3, -0.25) is 4.90 Å². The quantitative estimate of drug-likeness (QED) is 0.757. The summed E-state index contributed by atoms with van der Waals surface area (Å²) in [6, 6.07) is 0.552. The van der Waals surface area contributed by atoms with Crippen LogP contribution in [-0.2, 0) is 0 Å². The molecule has 13 heavy (non-hydrogen) atoms. The summed E-state index contributed by atoms with van der Waals surface area (Å²) in [5, 5.41) is 0. The molecule has 1 saturated heterocycles. The summed E-state index contributed by atoms with van der Waals surface area (Å²) in [6.45, 7) is 5.17. The summed E-state index contributed by atoms with van der Waals surface area (Å²) in [5.41, 5.74) is 7.32. The van der Waals surface area contributed by atoms with E-state index in [1.165, 1.54) is 12.8 Å². The van der Waals surface area contributed by atoms with Crippen molar-refractivity contribution in [2.24, 2.45) is 11.7 Å². The summed E-state index contributed by atoms with van der Waals surface area (Å²) in [5.74, 6) is 0.824. The molecule has 2 atom stereocenters. The zero-order valence-corrected chi connectivity index (χ0v) is 9.00. The fraction of sp³-hybridized carbons (Fsp3) is 0.800. The van der Waals surface area contributed by atoms with Crippen molar-refractivity contribution >= 4 is 11.6 Å². The predicted octanol–water partition coefficient (Wildman–Crippen LogP) is 1.80. The number of nitrogens with two attached hydrogens (primary N) is 1. The van der Waals surface area contributed by atoms with Gasteiger partial charge in [0.05, 0.1) is 0 Å². The first-order chi connectivity index (χ1) is 6.27. The predicted molar refractivity (Wildman–Crippen MR) is 57.8 cm³/mol. The average molecular weight is 203 g/mol. The summed E-state index contributed by atoms with van der Waals surface area (Å²) < 4.78 is 0. The summed E-state index contributed by atoms with van der Waals surface area (Å²) in [6.07, 6.45) is 4.50. The van der Waals surface area contributed by atoms with Gasteiger partial charge in [0.15, 0.2) is 0 Å². The van der Waals surface area contributed by atoms with Gasteiger partial charge in [-0.25, -0.2) is 0 Å². The van der Waals surface area contributed by atoms with Gasteiger partial charge in [0.1, 0.15) is 0 Å². The van der Waals surface area contributed by atoms with Crippen LogP contribution >= 0.6 is 11.6 Å². The second kappa shape index (κ2) is 5.63. The number of hydrogen-bond donors (Lipinski definition) is 1. The maximum Gasteiger partial charge on any atom is 0.0224 e. The highest BCUT2D eigenvalue weighted by Crippen LogP contribution is 2.21. The molecule has 0 saturated carbocycles. The molecule has 2 N–H and O–H groups in total. The van der Waals surface area contributed by atoms with Crippen LogP contribution in [0.2, 0.25) is 0 Å². The molecule has 1 aliphatic heterocycles. The first kappa shape index (κ1) is 11.0. The van der Waals surface area contributed by atoms with Crippen LogP contribution in [0.1, 0.15) is 19.8 Å². The highest BCUT2D eigenvalue weighted by Gasteiger charge is 2.23. The van der Waals surface area contributed by atoms with Gasteiger partial charge in [-0.05, 0) is 25.3 Å². The van der Waals surface area contributed by atoms with E-state index in [0.29, 0.717) is 6.04 Å². The van der Waals surface area contributed by atoms with Crippen LogP contribution in [0.25, 0.3) is 0 Å². The van der Waals surface area contributed by atoms with Gasteiger partial charge >= 0.3 is 0 Å². The summed E-state index contributed by atoms with van der Waals surface area (Å²) >= 11 is 5.50. The maximum atomic E-state index is 5.73. The molecule has 0 aromatic carbocycles. The van der Waals surface area contributed by atoms with E-state index in [0.717, 1.165) is 25.6 Å². The minimum absolute atomic E-state index is 0.552. The molecule has 0 spiro atoms. The monoisotopic (exact) mass is 202 g/mol. The van der Waals surface area contributed by atoms with Crippen LogP contribution in [-0.4, -0.2) is 30.6 Å². The highest BCUT2D eigenvalue weighted by molar-refractivity contribution is 6.25. The van der Waals surface area contributed by atoms with Gasteiger partial charge in [0, 0.05) is 24.7 Å². The van der Waals surface area contributed by atoms with E-state index in [1.807, 2.05) is 6.08 Å². The van der Waals surface area contributed by atoms with Crippen molar-refractivity contribution < 1.29 is 0 Å². The van der Waals surface area contributed by atoms with E-state index in [4.69, 9.17) is 17.3 Å². The average Bonchev–Trinajstić information content (AvgIpc) is 2.16. The van der Waals surface area contributed by atoms with Crippen molar-refractivity contribution in [1.29, 1.82) is 0 Å². The van der Waals surface area contributed by atoms with E-state index in [-0.39, 0.29) is 0 Å². The zero-order chi connectivity index (χ0) is 9.68. The Morgan fingerprint density at radius 1 is 1.62 bits per heavy atom. The lowest BCUT2D eigenvalue weighted by Crippen LogP contribution is -2.46. The van der Waals surface area contributed by atoms with Crippen molar-refractivity contribution in [2.75, 3.05) is 19.6 Å². The van der Waals surface area contributed by atoms with Crippen LogP contribution in [0, 0.1) is 5.92 Å². The lowest BCUT2D eigenvalue weighted by Gasteiger charge is -2.37. The van der Waals surface area contributed by atoms with Crippen LogP contribution < -0.4 is 5.73 Å². The molecule has 0 radical (unpaired) electrons. The van der Waals surface area contributed by atoms with E-state index in [2.05, 4.69) is 11.8 Å². The molecule has 2 unspecified atom stereocenters. The molecular formula is C10H19ClN2. The Kier molecular flexibility index (Phi) is 4.78. The lowest BCUT2D eigenvalue weighted by atomic mass is 9.92. The first-order valence-corrected chi connectivity index (χ1v) is 5.41. The van der Waals surface area contributed by atoms with E-state index in [9.17, 15) is 0 Å². The minimum atomic E-state index is 0.552. The maximum absolute atomic E-state index is 5.73. The largest absolute Gasteiger partial charge is 0.329 e. The smallest absolute Gasteiger partial charge is 0.0224 e. The Hall–Kier alpha value is -0.0500. The molecule has 1 fully saturated rings. The molecule has 0 aromatic rings. The third-order valence-corrected chi connectivity index (χ3v) is 2.98. The lowest BCUT2D eigenvalue weighted by molar-refractivity contribution is 0.137. The molecule has 1 heterocycles. The van der Waals surface area contributed by atoms with Gasteiger partial charge in [-0.1, -0.05) is 24.6 Å². The zero-order valence-electron chi connectivity index (χ0n) is 8.25. The molecule has 3 heteroatoms. The molecule has 1 aliphatic rings. The van der Waals surface area contributed by atoms with Gasteiger partial charge < -0.3 is 5.73 Å². The van der Waals surface area contributed by atoms with E-state index < -0.39 is 0 Å². The Bertz CT molecular complexity index is 170. The second-order valence-corrected chi connectivity index (χ2v) is 4.13. The number of piperidine rings is 1.